The van der Waals surface area contributed by atoms with E-state index in [2.05, 4.69) is 10.6 Å². The van der Waals surface area contributed by atoms with Gasteiger partial charge in [0.15, 0.2) is 0 Å². The Morgan fingerprint density at radius 2 is 1.81 bits per heavy atom. The number of nitrogens with one attached hydrogen (secondary N) is 2. The first-order chi connectivity index (χ1) is 14.5. The van der Waals surface area contributed by atoms with Crippen molar-refractivity contribution in [3.63, 3.8) is 0 Å². The number of rotatable bonds is 8. The minimum absolute atomic E-state index is 0.117. The number of alkyl carbamates (subject to hydrolysis) is 1. The number of ether oxygens (including phenoxy) is 2. The highest BCUT2D eigenvalue weighted by Crippen LogP contribution is 2.22. The summed E-state index contributed by atoms with van der Waals surface area (Å²) in [4.78, 5) is 35.6. The molecule has 31 heavy (non-hydrogen) atoms. The summed E-state index contributed by atoms with van der Waals surface area (Å²) in [5.74, 6) is -0.581. The lowest BCUT2D eigenvalue weighted by Gasteiger charge is -2.23. The molecule has 0 heterocycles. The van der Waals surface area contributed by atoms with Gasteiger partial charge in [-0.1, -0.05) is 36.4 Å². The van der Waals surface area contributed by atoms with Gasteiger partial charge in [-0.3, -0.25) is 14.9 Å². The Bertz CT molecular complexity index is 925. The van der Waals surface area contributed by atoms with Gasteiger partial charge in [-0.15, -0.1) is 0 Å². The summed E-state index contributed by atoms with van der Waals surface area (Å²) in [6.07, 6.45) is -0.772. The van der Waals surface area contributed by atoms with E-state index in [4.69, 9.17) is 9.47 Å². The summed E-state index contributed by atoms with van der Waals surface area (Å²) in [7, 11) is 0. The number of hydrogen-bond acceptors (Lipinski definition) is 6. The first-order valence-corrected chi connectivity index (χ1v) is 9.72. The predicted octanol–water partition coefficient (Wildman–Crippen LogP) is 3.95. The van der Waals surface area contributed by atoms with Crippen LogP contribution in [0.4, 0.5) is 16.2 Å². The first kappa shape index (κ1) is 23.8. The van der Waals surface area contributed by atoms with Crippen molar-refractivity contribution >= 4 is 23.4 Å². The van der Waals surface area contributed by atoms with Crippen LogP contribution < -0.4 is 10.6 Å². The van der Waals surface area contributed by atoms with E-state index in [1.54, 1.807) is 27.7 Å². The molecule has 0 aliphatic rings. The molecule has 0 saturated heterocycles. The van der Waals surface area contributed by atoms with Crippen LogP contribution in [0.5, 0.6) is 0 Å². The highest BCUT2D eigenvalue weighted by Gasteiger charge is 2.25. The molecule has 2 aromatic carbocycles. The normalized spacial score (nSPS) is 12.0. The third-order valence-corrected chi connectivity index (χ3v) is 4.09. The third-order valence-electron chi connectivity index (χ3n) is 4.09. The molecule has 2 N–H and O–H groups in total. The van der Waals surface area contributed by atoms with Gasteiger partial charge in [-0.05, 0) is 38.8 Å². The largest absolute Gasteiger partial charge is 0.444 e. The van der Waals surface area contributed by atoms with Crippen molar-refractivity contribution in [1.82, 2.24) is 5.32 Å². The van der Waals surface area contributed by atoms with Crippen molar-refractivity contribution in [2.24, 2.45) is 0 Å². The fourth-order valence-corrected chi connectivity index (χ4v) is 2.58. The van der Waals surface area contributed by atoms with E-state index in [1.165, 1.54) is 18.2 Å². The first-order valence-electron chi connectivity index (χ1n) is 9.72. The van der Waals surface area contributed by atoms with Gasteiger partial charge < -0.3 is 20.1 Å². The van der Waals surface area contributed by atoms with Crippen molar-refractivity contribution in [3.05, 3.63) is 69.8 Å². The van der Waals surface area contributed by atoms with Crippen LogP contribution in [0.3, 0.4) is 0 Å². The topological polar surface area (TPSA) is 120 Å². The van der Waals surface area contributed by atoms with Crippen molar-refractivity contribution < 1.29 is 24.0 Å². The Balaban J connectivity index is 2.11. The summed E-state index contributed by atoms with van der Waals surface area (Å²) in [6.45, 7) is 6.96. The molecule has 0 aliphatic heterocycles. The SMILES string of the molecule is Cc1ccc([N+](=O)[O-])cc1NC(=O)C(COCc1ccccc1)NC(=O)OC(C)(C)C. The molecule has 0 radical (unpaired) electrons. The Labute approximate surface area is 180 Å². The molecule has 166 valence electrons. The number of anilines is 1. The van der Waals surface area contributed by atoms with E-state index in [-0.39, 0.29) is 24.6 Å². The summed E-state index contributed by atoms with van der Waals surface area (Å²) >= 11 is 0. The summed E-state index contributed by atoms with van der Waals surface area (Å²) in [5.41, 5.74) is 0.928. The zero-order valence-electron chi connectivity index (χ0n) is 18.0. The zero-order chi connectivity index (χ0) is 23.0. The van der Waals surface area contributed by atoms with Crippen LogP contribution in [0.1, 0.15) is 31.9 Å². The van der Waals surface area contributed by atoms with Crippen LogP contribution in [0.25, 0.3) is 0 Å². The van der Waals surface area contributed by atoms with Gasteiger partial charge in [0.2, 0.25) is 5.91 Å². The standard InChI is InChI=1S/C22H27N3O6/c1-15-10-11-17(25(28)29)12-18(15)23-20(26)19(24-21(27)31-22(2,3)4)14-30-13-16-8-6-5-7-9-16/h5-12,19H,13-14H2,1-4H3,(H,23,26)(H,24,27). The maximum atomic E-state index is 12.9. The van der Waals surface area contributed by atoms with Gasteiger partial charge >= 0.3 is 6.09 Å². The minimum atomic E-state index is -1.07. The molecule has 2 aromatic rings. The number of nitro benzene ring substituents is 1. The fraction of sp³-hybridized carbons (Fsp3) is 0.364. The molecule has 9 nitrogen and oxygen atoms in total. The van der Waals surface area contributed by atoms with Gasteiger partial charge in [0.1, 0.15) is 11.6 Å². The maximum absolute atomic E-state index is 12.9. The van der Waals surface area contributed by atoms with E-state index in [0.717, 1.165) is 5.56 Å². The molecule has 2 rings (SSSR count). The maximum Gasteiger partial charge on any atom is 0.408 e. The third kappa shape index (κ3) is 8.06. The van der Waals surface area contributed by atoms with E-state index < -0.39 is 28.6 Å². The van der Waals surface area contributed by atoms with Gasteiger partial charge in [-0.25, -0.2) is 4.79 Å². The quantitative estimate of drug-likeness (QED) is 0.484. The second-order valence-corrected chi connectivity index (χ2v) is 7.95. The van der Waals surface area contributed by atoms with Crippen LogP contribution in [-0.2, 0) is 20.9 Å². The van der Waals surface area contributed by atoms with E-state index in [9.17, 15) is 19.7 Å². The van der Waals surface area contributed by atoms with E-state index in [1.807, 2.05) is 30.3 Å². The molecule has 1 unspecified atom stereocenters. The smallest absolute Gasteiger partial charge is 0.408 e. The molecular weight excluding hydrogens is 402 g/mol. The summed E-state index contributed by atoms with van der Waals surface area (Å²) in [5, 5.41) is 16.2. The molecular formula is C22H27N3O6. The predicted molar refractivity (Wildman–Crippen MR) is 116 cm³/mol. The zero-order valence-corrected chi connectivity index (χ0v) is 18.0. The van der Waals surface area contributed by atoms with Crippen molar-refractivity contribution in [1.29, 1.82) is 0 Å². The van der Waals surface area contributed by atoms with Gasteiger partial charge in [-0.2, -0.15) is 0 Å². The number of aryl methyl sites for hydroxylation is 1. The van der Waals surface area contributed by atoms with Crippen molar-refractivity contribution in [2.75, 3.05) is 11.9 Å². The van der Waals surface area contributed by atoms with Crippen molar-refractivity contribution in [2.45, 2.75) is 45.9 Å². The van der Waals surface area contributed by atoms with Crippen LogP contribution in [-0.4, -0.2) is 35.2 Å². The molecule has 0 spiro atoms. The Hall–Kier alpha value is -3.46. The Kier molecular flexibility index (Phi) is 8.09. The Morgan fingerprint density at radius 1 is 1.13 bits per heavy atom. The molecule has 0 fully saturated rings. The van der Waals surface area contributed by atoms with Crippen molar-refractivity contribution in [3.8, 4) is 0 Å². The lowest BCUT2D eigenvalue weighted by atomic mass is 10.1. The second-order valence-electron chi connectivity index (χ2n) is 7.95. The lowest BCUT2D eigenvalue weighted by molar-refractivity contribution is -0.384. The molecule has 9 heteroatoms. The van der Waals surface area contributed by atoms with Crippen LogP contribution in [0.2, 0.25) is 0 Å². The number of hydrogen-bond donors (Lipinski definition) is 2. The second kappa shape index (κ2) is 10.5. The van der Waals surface area contributed by atoms with Gasteiger partial charge in [0, 0.05) is 12.1 Å². The number of carbonyl (C=O) groups excluding carboxylic acids is 2. The molecule has 2 amide bonds. The number of nitrogens with zero attached hydrogens (tertiary/aromatic N) is 1. The van der Waals surface area contributed by atoms with Crippen LogP contribution in [0, 0.1) is 17.0 Å². The summed E-state index contributed by atoms with van der Waals surface area (Å²) < 4.78 is 10.9. The average molecular weight is 429 g/mol. The van der Waals surface area contributed by atoms with Gasteiger partial charge in [0.05, 0.1) is 23.8 Å². The summed E-state index contributed by atoms with van der Waals surface area (Å²) in [6, 6.07) is 12.5. The molecule has 0 saturated carbocycles. The van der Waals surface area contributed by atoms with Gasteiger partial charge in [0.25, 0.3) is 5.69 Å². The number of amides is 2. The monoisotopic (exact) mass is 429 g/mol. The van der Waals surface area contributed by atoms with E-state index >= 15 is 0 Å². The minimum Gasteiger partial charge on any atom is -0.444 e. The molecule has 1 atom stereocenters. The number of benzene rings is 2. The van der Waals surface area contributed by atoms with Crippen LogP contribution in [0.15, 0.2) is 48.5 Å². The Morgan fingerprint density at radius 3 is 2.42 bits per heavy atom. The van der Waals surface area contributed by atoms with E-state index in [0.29, 0.717) is 5.56 Å². The molecule has 0 aliphatic carbocycles. The average Bonchev–Trinajstić information content (AvgIpc) is 2.68. The van der Waals surface area contributed by atoms with Crippen LogP contribution >= 0.6 is 0 Å². The lowest BCUT2D eigenvalue weighted by Crippen LogP contribution is -2.48. The highest BCUT2D eigenvalue weighted by molar-refractivity contribution is 5.97. The number of carbonyl (C=O) groups is 2. The molecule has 0 aromatic heterocycles. The fourth-order valence-electron chi connectivity index (χ4n) is 2.58. The number of nitro groups is 1. The molecule has 0 bridgehead atoms. The highest BCUT2D eigenvalue weighted by atomic mass is 16.6. The number of non-ortho nitro benzene ring substituents is 1.